The van der Waals surface area contributed by atoms with Crippen molar-refractivity contribution in [2.75, 3.05) is 5.32 Å². The zero-order valence-corrected chi connectivity index (χ0v) is 20.9. The van der Waals surface area contributed by atoms with Gasteiger partial charge < -0.3 is 20.9 Å². The molecule has 14 heteroatoms. The molecule has 0 bridgehead atoms. The van der Waals surface area contributed by atoms with Gasteiger partial charge >= 0.3 is 6.18 Å². The maximum atomic E-state index is 13.5. The van der Waals surface area contributed by atoms with E-state index >= 15 is 0 Å². The number of nitrogens with one attached hydrogen (secondary N) is 2. The van der Waals surface area contributed by atoms with Gasteiger partial charge in [-0.1, -0.05) is 17.5 Å². The second-order valence-corrected chi connectivity index (χ2v) is 8.77. The van der Waals surface area contributed by atoms with Crippen molar-refractivity contribution in [2.45, 2.75) is 37.6 Å². The number of hydrogen-bond donors (Lipinski definition) is 3. The first kappa shape index (κ1) is 28.0. The second-order valence-electron chi connectivity index (χ2n) is 8.37. The molecule has 1 fully saturated rings. The van der Waals surface area contributed by atoms with E-state index in [1.165, 1.54) is 29.8 Å². The molecular weight excluding hydrogens is 534 g/mol. The first-order valence-electron chi connectivity index (χ1n) is 10.8. The molecule has 0 atom stereocenters. The van der Waals surface area contributed by atoms with Gasteiger partial charge in [-0.25, -0.2) is 4.98 Å². The molecule has 3 aromatic rings. The summed E-state index contributed by atoms with van der Waals surface area (Å²) in [6.45, 7) is -0.156. The molecule has 2 amide bonds. The van der Waals surface area contributed by atoms with Crippen molar-refractivity contribution >= 4 is 41.5 Å². The lowest BCUT2D eigenvalue weighted by atomic mass is 9.87. The van der Waals surface area contributed by atoms with Gasteiger partial charge in [-0.3, -0.25) is 14.3 Å². The number of benzene rings is 1. The molecule has 0 radical (unpaired) electrons. The van der Waals surface area contributed by atoms with Gasteiger partial charge in [0.2, 0.25) is 0 Å². The fourth-order valence-corrected chi connectivity index (χ4v) is 4.14. The van der Waals surface area contributed by atoms with E-state index in [4.69, 9.17) is 23.8 Å². The minimum atomic E-state index is -4.74. The smallest absolute Gasteiger partial charge is 0.349 e. The molecule has 1 aliphatic rings. The largest absolute Gasteiger partial charge is 0.435 e. The molecule has 0 saturated heterocycles. The zero-order chi connectivity index (χ0) is 26.2. The molecule has 1 saturated carbocycles. The summed E-state index contributed by atoms with van der Waals surface area (Å²) in [7, 11) is 1.41. The summed E-state index contributed by atoms with van der Waals surface area (Å²) < 4.78 is 42.8. The summed E-state index contributed by atoms with van der Waals surface area (Å²) >= 11 is 6.24. The van der Waals surface area contributed by atoms with Crippen molar-refractivity contribution in [3.8, 4) is 23.6 Å². The molecule has 0 unspecified atom stereocenters. The number of nitrogens with two attached hydrogens (primary N) is 1. The predicted octanol–water partition coefficient (Wildman–Crippen LogP) is 3.48. The fourth-order valence-electron chi connectivity index (χ4n) is 3.87. The highest BCUT2D eigenvalue weighted by Crippen LogP contribution is 2.36. The minimum Gasteiger partial charge on any atom is -0.349 e. The molecule has 9 nitrogen and oxygen atoms in total. The third kappa shape index (κ3) is 5.90. The van der Waals surface area contributed by atoms with Crippen LogP contribution in [0, 0.1) is 12.3 Å². The Kier molecular flexibility index (Phi) is 8.22. The van der Waals surface area contributed by atoms with Crippen molar-refractivity contribution in [1.82, 2.24) is 24.6 Å². The number of aromatic nitrogens is 4. The molecule has 1 aromatic carbocycles. The summed E-state index contributed by atoms with van der Waals surface area (Å²) in [4.78, 5) is 29.2. The van der Waals surface area contributed by atoms with Gasteiger partial charge in [0.05, 0.1) is 28.0 Å². The van der Waals surface area contributed by atoms with E-state index < -0.39 is 17.8 Å². The lowest BCUT2D eigenvalue weighted by molar-refractivity contribution is -0.141. The van der Waals surface area contributed by atoms with Crippen LogP contribution >= 0.6 is 24.0 Å². The van der Waals surface area contributed by atoms with Gasteiger partial charge in [-0.05, 0) is 31.0 Å². The van der Waals surface area contributed by atoms with Crippen LogP contribution in [0.15, 0.2) is 30.6 Å². The number of anilines is 1. The molecule has 37 heavy (non-hydrogen) atoms. The Morgan fingerprint density at radius 2 is 2.00 bits per heavy atom. The molecule has 1 aliphatic carbocycles. The summed E-state index contributed by atoms with van der Waals surface area (Å²) in [5.41, 5.74) is 4.85. The molecule has 0 spiro atoms. The zero-order valence-electron chi connectivity index (χ0n) is 19.3. The normalized spacial score (nSPS) is 16.8. The predicted molar refractivity (Wildman–Crippen MR) is 133 cm³/mol. The number of imidazole rings is 1. The quantitative estimate of drug-likeness (QED) is 0.402. The van der Waals surface area contributed by atoms with E-state index in [9.17, 15) is 22.8 Å². The Labute approximate surface area is 221 Å². The molecule has 4 N–H and O–H groups in total. The number of carbonyl (C=O) groups excluding carboxylic acids is 2. The van der Waals surface area contributed by atoms with Gasteiger partial charge in [0.15, 0.2) is 11.5 Å². The maximum Gasteiger partial charge on any atom is 0.435 e. The monoisotopic (exact) mass is 555 g/mol. The van der Waals surface area contributed by atoms with Crippen molar-refractivity contribution in [2.24, 2.45) is 12.8 Å². The van der Waals surface area contributed by atoms with Crippen molar-refractivity contribution in [1.29, 1.82) is 0 Å². The maximum absolute atomic E-state index is 13.5. The Morgan fingerprint density at radius 1 is 1.30 bits per heavy atom. The number of rotatable bonds is 6. The lowest BCUT2D eigenvalue weighted by Gasteiger charge is -2.33. The molecular formula is C23H22Cl2F3N7O2. The third-order valence-corrected chi connectivity index (χ3v) is 6.04. The first-order chi connectivity index (χ1) is 17.0. The standard InChI is InChI=1S/C23H21ClF3N7O2.ClH/c1-3-6-34-11-16(19(32-34)23(25,26)27)18-10-29-20(33(18)2)22(36)30-13-4-5-15(17(24)9-13)21(35)31-14-7-12(28)8-14;/h1,4-5,9-12,14H,6-8,28H2,2H3,(H,30,36)(H,31,35);1H. The Hall–Kier alpha value is -3.53. The minimum absolute atomic E-state index is 0. The highest BCUT2D eigenvalue weighted by Gasteiger charge is 2.38. The van der Waals surface area contributed by atoms with Crippen LogP contribution in [-0.4, -0.2) is 43.2 Å². The highest BCUT2D eigenvalue weighted by molar-refractivity contribution is 6.34. The average Bonchev–Trinajstić information content (AvgIpc) is 3.36. The Balaban J connectivity index is 0.00000380. The van der Waals surface area contributed by atoms with Gasteiger partial charge in [0, 0.05) is 31.0 Å². The van der Waals surface area contributed by atoms with Crippen LogP contribution in [0.5, 0.6) is 0 Å². The number of halogens is 5. The fraction of sp³-hybridized carbons (Fsp3) is 0.304. The van der Waals surface area contributed by atoms with Crippen LogP contribution in [0.4, 0.5) is 18.9 Å². The summed E-state index contributed by atoms with van der Waals surface area (Å²) in [6, 6.07) is 4.42. The van der Waals surface area contributed by atoms with Crippen LogP contribution in [0.3, 0.4) is 0 Å². The molecule has 4 rings (SSSR count). The van der Waals surface area contributed by atoms with Crippen LogP contribution in [0.25, 0.3) is 11.3 Å². The van der Waals surface area contributed by atoms with Crippen LogP contribution in [0.1, 0.15) is 39.5 Å². The van der Waals surface area contributed by atoms with E-state index in [1.54, 1.807) is 0 Å². The number of alkyl halides is 3. The average molecular weight is 556 g/mol. The van der Waals surface area contributed by atoms with Crippen LogP contribution in [-0.2, 0) is 19.8 Å². The van der Waals surface area contributed by atoms with Crippen molar-refractivity contribution in [3.05, 3.63) is 52.7 Å². The second kappa shape index (κ2) is 10.8. The molecule has 196 valence electrons. The Bertz CT molecular complexity index is 1370. The number of carbonyl (C=O) groups is 2. The summed E-state index contributed by atoms with van der Waals surface area (Å²) in [5.74, 6) is 1.04. The van der Waals surface area contributed by atoms with Crippen molar-refractivity contribution in [3.63, 3.8) is 0 Å². The first-order valence-corrected chi connectivity index (χ1v) is 11.1. The van der Waals surface area contributed by atoms with Crippen molar-refractivity contribution < 1.29 is 22.8 Å². The number of hydrogen-bond acceptors (Lipinski definition) is 5. The van der Waals surface area contributed by atoms with E-state index in [0.29, 0.717) is 12.8 Å². The highest BCUT2D eigenvalue weighted by atomic mass is 35.5. The van der Waals surface area contributed by atoms with Crippen LogP contribution in [0.2, 0.25) is 5.02 Å². The number of nitrogens with zero attached hydrogens (tertiary/aromatic N) is 4. The Morgan fingerprint density at radius 3 is 2.59 bits per heavy atom. The van der Waals surface area contributed by atoms with Gasteiger partial charge in [-0.15, -0.1) is 18.8 Å². The molecule has 0 aliphatic heterocycles. The third-order valence-electron chi connectivity index (χ3n) is 5.73. The summed E-state index contributed by atoms with van der Waals surface area (Å²) in [6.07, 6.45) is 4.14. The van der Waals surface area contributed by atoms with E-state index in [2.05, 4.69) is 26.6 Å². The lowest BCUT2D eigenvalue weighted by Crippen LogP contribution is -2.50. The van der Waals surface area contributed by atoms with Crippen LogP contribution < -0.4 is 16.4 Å². The van der Waals surface area contributed by atoms with Gasteiger partial charge in [0.25, 0.3) is 11.8 Å². The van der Waals surface area contributed by atoms with Gasteiger partial charge in [0.1, 0.15) is 6.54 Å². The van der Waals surface area contributed by atoms with E-state index in [1.807, 2.05) is 0 Å². The SMILES string of the molecule is C#CCn1cc(-c2cnc(C(=O)Nc3ccc(C(=O)NC4CC(N)C4)c(Cl)c3)n2C)c(C(F)(F)F)n1.Cl. The number of amides is 2. The van der Waals surface area contributed by atoms with E-state index in [-0.39, 0.29) is 70.3 Å². The molecule has 2 aromatic heterocycles. The van der Waals surface area contributed by atoms with E-state index in [0.717, 1.165) is 17.1 Å². The number of terminal acetylenes is 1. The molecule has 2 heterocycles. The van der Waals surface area contributed by atoms with Gasteiger partial charge in [-0.2, -0.15) is 18.3 Å². The topological polar surface area (TPSA) is 120 Å². The summed E-state index contributed by atoms with van der Waals surface area (Å²) in [5, 5.41) is 9.07.